The number of hydrogen-bond acceptors (Lipinski definition) is 6. The number of amides is 1. The molecule has 0 saturated heterocycles. The quantitative estimate of drug-likeness (QED) is 0.446. The van der Waals surface area contributed by atoms with Crippen molar-refractivity contribution < 1.29 is 27.1 Å². The number of benzene rings is 1. The molecule has 0 unspecified atom stereocenters. The minimum absolute atomic E-state index is 0.0302. The lowest BCUT2D eigenvalue weighted by Gasteiger charge is -2.33. The summed E-state index contributed by atoms with van der Waals surface area (Å²) >= 11 is 0. The van der Waals surface area contributed by atoms with Gasteiger partial charge in [0.25, 0.3) is 5.91 Å². The zero-order valence-electron chi connectivity index (χ0n) is 18.0. The van der Waals surface area contributed by atoms with E-state index in [4.69, 9.17) is 10.5 Å². The number of carbonyl (C=O) groups is 1. The predicted molar refractivity (Wildman–Crippen MR) is 114 cm³/mol. The number of nitrogens with two attached hydrogens (primary N) is 1. The van der Waals surface area contributed by atoms with Gasteiger partial charge in [-0.15, -0.1) is 0 Å². The van der Waals surface area contributed by atoms with Gasteiger partial charge in [-0.1, -0.05) is 6.07 Å². The van der Waals surface area contributed by atoms with Crippen LogP contribution in [0.3, 0.4) is 0 Å². The molecule has 8 nitrogen and oxygen atoms in total. The monoisotopic (exact) mass is 474 g/mol. The Balaban J connectivity index is 1.55. The summed E-state index contributed by atoms with van der Waals surface area (Å²) in [5.41, 5.74) is 6.03. The van der Waals surface area contributed by atoms with Crippen LogP contribution in [0.5, 0.6) is 0 Å². The number of anilines is 1. The van der Waals surface area contributed by atoms with Gasteiger partial charge in [0.2, 0.25) is 0 Å². The Morgan fingerprint density at radius 2 is 2.00 bits per heavy atom. The Bertz CT molecular complexity index is 1470. The number of fused-ring (bicyclic) bond motifs is 4. The Labute approximate surface area is 189 Å². The standard InChI is InChI=1S/C22H18F4N6O2/c1-31(17-9-34-8-16-10(17)3-4-18(29-16)22(24,25)26)21(33)12-5-11-13-7-28-32(2)19(13)20(27)30-15(11)6-14(12)23/h3-7,17H,8-9H2,1-2H3,(H2,27,30)/t17-/m1/s1. The van der Waals surface area contributed by atoms with E-state index < -0.39 is 29.6 Å². The molecule has 1 amide bonds. The molecule has 0 saturated carbocycles. The van der Waals surface area contributed by atoms with Crippen LogP contribution < -0.4 is 5.73 Å². The van der Waals surface area contributed by atoms with E-state index in [1.165, 1.54) is 28.8 Å². The highest BCUT2D eigenvalue weighted by Crippen LogP contribution is 2.35. The van der Waals surface area contributed by atoms with E-state index in [-0.39, 0.29) is 35.8 Å². The van der Waals surface area contributed by atoms with Gasteiger partial charge in [-0.25, -0.2) is 14.4 Å². The van der Waals surface area contributed by atoms with Gasteiger partial charge >= 0.3 is 6.18 Å². The number of halogens is 4. The van der Waals surface area contributed by atoms with Gasteiger partial charge < -0.3 is 15.4 Å². The Hall–Kier alpha value is -3.80. The molecule has 1 aromatic carbocycles. The van der Waals surface area contributed by atoms with Gasteiger partial charge in [-0.2, -0.15) is 18.3 Å². The summed E-state index contributed by atoms with van der Waals surface area (Å²) in [4.78, 5) is 22.4. The lowest BCUT2D eigenvalue weighted by Crippen LogP contribution is -2.37. The fraction of sp³-hybridized carbons (Fsp3) is 0.273. The van der Waals surface area contributed by atoms with Crippen molar-refractivity contribution in [3.63, 3.8) is 0 Å². The summed E-state index contributed by atoms with van der Waals surface area (Å²) in [7, 11) is 3.13. The molecule has 1 aliphatic heterocycles. The third-order valence-electron chi connectivity index (χ3n) is 5.99. The van der Waals surface area contributed by atoms with Crippen LogP contribution in [0.15, 0.2) is 30.5 Å². The molecule has 0 radical (unpaired) electrons. The number of pyridine rings is 2. The number of alkyl halides is 3. The van der Waals surface area contributed by atoms with Crippen LogP contribution in [-0.2, 0) is 24.6 Å². The molecular formula is C22H18F4N6O2. The molecule has 176 valence electrons. The van der Waals surface area contributed by atoms with E-state index in [1.807, 2.05) is 0 Å². The maximum atomic E-state index is 15.0. The number of nitrogens with zero attached hydrogens (tertiary/aromatic N) is 5. The first-order valence-electron chi connectivity index (χ1n) is 10.2. The smallest absolute Gasteiger partial charge is 0.382 e. The van der Waals surface area contributed by atoms with Crippen molar-refractivity contribution in [3.05, 3.63) is 58.8 Å². The van der Waals surface area contributed by atoms with Crippen LogP contribution >= 0.6 is 0 Å². The number of hydrogen-bond donors (Lipinski definition) is 1. The highest BCUT2D eigenvalue weighted by Gasteiger charge is 2.36. The second-order valence-corrected chi connectivity index (χ2v) is 8.05. The van der Waals surface area contributed by atoms with E-state index in [9.17, 15) is 22.4 Å². The molecular weight excluding hydrogens is 456 g/mol. The molecule has 4 heterocycles. The molecule has 12 heteroatoms. The molecule has 2 N–H and O–H groups in total. The summed E-state index contributed by atoms with van der Waals surface area (Å²) in [5, 5.41) is 5.27. The van der Waals surface area contributed by atoms with Gasteiger partial charge in [0, 0.05) is 36.5 Å². The third kappa shape index (κ3) is 3.41. The van der Waals surface area contributed by atoms with E-state index in [0.29, 0.717) is 21.9 Å². The van der Waals surface area contributed by atoms with Crippen LogP contribution in [0.25, 0.3) is 21.8 Å². The fourth-order valence-corrected chi connectivity index (χ4v) is 4.25. The Morgan fingerprint density at radius 1 is 1.24 bits per heavy atom. The summed E-state index contributed by atoms with van der Waals surface area (Å²) in [5.74, 6) is -1.30. The molecule has 5 rings (SSSR count). The van der Waals surface area contributed by atoms with Crippen LogP contribution in [-0.4, -0.2) is 44.2 Å². The maximum absolute atomic E-state index is 15.0. The number of aryl methyl sites for hydroxylation is 1. The largest absolute Gasteiger partial charge is 0.433 e. The molecule has 34 heavy (non-hydrogen) atoms. The molecule has 0 aliphatic carbocycles. The van der Waals surface area contributed by atoms with E-state index >= 15 is 0 Å². The number of nitrogen functional groups attached to an aromatic ring is 1. The SMILES string of the molecule is CN(C(=O)c1cc2c(cc1F)nc(N)c1c2cnn1C)[C@@H]1COCc2nc(C(F)(F)F)ccc21. The average Bonchev–Trinajstić information content (AvgIpc) is 3.18. The third-order valence-corrected chi connectivity index (χ3v) is 5.99. The molecule has 1 aliphatic rings. The van der Waals surface area contributed by atoms with E-state index in [2.05, 4.69) is 15.1 Å². The normalized spacial score (nSPS) is 16.1. The van der Waals surface area contributed by atoms with Gasteiger partial charge in [0.15, 0.2) is 0 Å². The predicted octanol–water partition coefficient (Wildman–Crippen LogP) is 3.60. The van der Waals surface area contributed by atoms with Gasteiger partial charge in [0.05, 0.1) is 42.2 Å². The van der Waals surface area contributed by atoms with Gasteiger partial charge in [-0.05, 0) is 12.1 Å². The maximum Gasteiger partial charge on any atom is 0.433 e. The number of likely N-dealkylation sites (N-methyl/N-ethyl adjacent to an activating group) is 1. The Kier molecular flexibility index (Phi) is 4.93. The number of carbonyl (C=O) groups excluding carboxylic acids is 1. The molecule has 1 atom stereocenters. The zero-order chi connectivity index (χ0) is 24.4. The van der Waals surface area contributed by atoms with E-state index in [0.717, 1.165) is 12.1 Å². The van der Waals surface area contributed by atoms with Gasteiger partial charge in [0.1, 0.15) is 22.8 Å². The fourth-order valence-electron chi connectivity index (χ4n) is 4.25. The lowest BCUT2D eigenvalue weighted by atomic mass is 10.00. The van der Waals surface area contributed by atoms with Crippen LogP contribution in [0.1, 0.15) is 33.4 Å². The minimum Gasteiger partial charge on any atom is -0.382 e. The number of aromatic nitrogens is 4. The topological polar surface area (TPSA) is 99.2 Å². The second-order valence-electron chi connectivity index (χ2n) is 8.05. The first-order valence-corrected chi connectivity index (χ1v) is 10.2. The van der Waals surface area contributed by atoms with Crippen molar-refractivity contribution >= 4 is 33.5 Å². The number of ether oxygens (including phenoxy) is 1. The summed E-state index contributed by atoms with van der Waals surface area (Å²) in [6, 6.07) is 3.91. The molecule has 0 spiro atoms. The number of rotatable bonds is 2. The van der Waals surface area contributed by atoms with Crippen LogP contribution in [0.2, 0.25) is 0 Å². The second kappa shape index (κ2) is 7.62. The zero-order valence-corrected chi connectivity index (χ0v) is 18.0. The molecule has 0 fully saturated rings. The highest BCUT2D eigenvalue weighted by molar-refractivity contribution is 6.10. The van der Waals surface area contributed by atoms with E-state index in [1.54, 1.807) is 13.2 Å². The minimum atomic E-state index is -4.60. The van der Waals surface area contributed by atoms with Crippen LogP contribution in [0.4, 0.5) is 23.4 Å². The summed E-state index contributed by atoms with van der Waals surface area (Å²) < 4.78 is 61.1. The van der Waals surface area contributed by atoms with Crippen molar-refractivity contribution in [2.75, 3.05) is 19.4 Å². The molecule has 3 aromatic heterocycles. The molecule has 0 bridgehead atoms. The lowest BCUT2D eigenvalue weighted by molar-refractivity contribution is -0.141. The van der Waals surface area contributed by atoms with Crippen molar-refractivity contribution in [2.45, 2.75) is 18.8 Å². The van der Waals surface area contributed by atoms with Gasteiger partial charge in [-0.3, -0.25) is 9.48 Å². The molecule has 4 aromatic rings. The average molecular weight is 474 g/mol. The summed E-state index contributed by atoms with van der Waals surface area (Å²) in [6.45, 7) is -0.0867. The first kappa shape index (κ1) is 22.0. The van der Waals surface area contributed by atoms with Crippen molar-refractivity contribution in [3.8, 4) is 0 Å². The van der Waals surface area contributed by atoms with Crippen molar-refractivity contribution in [1.29, 1.82) is 0 Å². The first-order chi connectivity index (χ1) is 16.1. The van der Waals surface area contributed by atoms with Crippen LogP contribution in [0, 0.1) is 5.82 Å². The summed E-state index contributed by atoms with van der Waals surface area (Å²) in [6.07, 6.45) is -3.05. The van der Waals surface area contributed by atoms with Crippen molar-refractivity contribution in [1.82, 2.24) is 24.6 Å². The highest BCUT2D eigenvalue weighted by atomic mass is 19.4. The Morgan fingerprint density at radius 3 is 2.74 bits per heavy atom. The van der Waals surface area contributed by atoms with Crippen molar-refractivity contribution in [2.24, 2.45) is 7.05 Å².